The Kier molecular flexibility index (Phi) is 3.85. The van der Waals surface area contributed by atoms with E-state index in [2.05, 4.69) is 15.5 Å². The van der Waals surface area contributed by atoms with Crippen molar-refractivity contribution >= 4 is 6.01 Å². The highest BCUT2D eigenvalue weighted by Gasteiger charge is 2.21. The Labute approximate surface area is 113 Å². The molecule has 1 heterocycles. The Hall–Kier alpha value is -1.88. The molecule has 5 nitrogen and oxygen atoms in total. The van der Waals surface area contributed by atoms with Crippen molar-refractivity contribution in [2.75, 3.05) is 12.4 Å². The first-order valence-corrected chi connectivity index (χ1v) is 6.19. The molecule has 5 heteroatoms. The lowest BCUT2D eigenvalue weighted by atomic mass is 10.1. The summed E-state index contributed by atoms with van der Waals surface area (Å²) in [7, 11) is 1.63. The van der Waals surface area contributed by atoms with Gasteiger partial charge in [0.25, 0.3) is 0 Å². The molecular weight excluding hydrogens is 242 g/mol. The lowest BCUT2D eigenvalue weighted by molar-refractivity contribution is 0.126. The molecule has 2 aromatic rings. The Balaban J connectivity index is 2.21. The first-order valence-electron chi connectivity index (χ1n) is 6.19. The van der Waals surface area contributed by atoms with Crippen molar-refractivity contribution < 1.29 is 9.26 Å². The van der Waals surface area contributed by atoms with Gasteiger partial charge in [-0.3, -0.25) is 0 Å². The molecule has 1 aromatic heterocycles. The number of ether oxygens (including phenoxy) is 1. The first kappa shape index (κ1) is 13.5. The third-order valence-electron chi connectivity index (χ3n) is 2.50. The van der Waals surface area contributed by atoms with Gasteiger partial charge in [-0.15, -0.1) is 0 Å². The molecule has 102 valence electrons. The highest BCUT2D eigenvalue weighted by molar-refractivity contribution is 5.27. The molecule has 0 aliphatic rings. The highest BCUT2D eigenvalue weighted by Crippen LogP contribution is 2.24. The van der Waals surface area contributed by atoms with Crippen molar-refractivity contribution in [1.29, 1.82) is 0 Å². The van der Waals surface area contributed by atoms with Gasteiger partial charge < -0.3 is 14.6 Å². The maximum absolute atomic E-state index is 5.45. The van der Waals surface area contributed by atoms with Crippen LogP contribution in [0.15, 0.2) is 34.9 Å². The average molecular weight is 261 g/mol. The van der Waals surface area contributed by atoms with Gasteiger partial charge in [-0.05, 0) is 26.3 Å². The van der Waals surface area contributed by atoms with Crippen molar-refractivity contribution in [1.82, 2.24) is 10.1 Å². The molecule has 0 aliphatic heterocycles. The number of nitrogens with zero attached hydrogens (tertiary/aromatic N) is 2. The zero-order chi connectivity index (χ0) is 13.9. The standard InChI is InChI=1S/C14H19N3O2/c1-14(2,3)16-13-15-12(17-19-13)11(18-4)10-8-6-5-7-9-10/h5-9,11H,1-4H3,(H,15,16,17). The zero-order valence-electron chi connectivity index (χ0n) is 11.7. The minimum absolute atomic E-state index is 0.126. The second-order valence-corrected chi connectivity index (χ2v) is 5.36. The van der Waals surface area contributed by atoms with E-state index in [-0.39, 0.29) is 11.6 Å². The number of anilines is 1. The van der Waals surface area contributed by atoms with Crippen molar-refractivity contribution in [3.63, 3.8) is 0 Å². The van der Waals surface area contributed by atoms with Gasteiger partial charge in [0, 0.05) is 12.6 Å². The Bertz CT molecular complexity index is 517. The molecule has 0 bridgehead atoms. The van der Waals surface area contributed by atoms with Gasteiger partial charge in [-0.1, -0.05) is 35.5 Å². The summed E-state index contributed by atoms with van der Waals surface area (Å²) in [6.07, 6.45) is -0.319. The summed E-state index contributed by atoms with van der Waals surface area (Å²) in [4.78, 5) is 4.33. The molecule has 1 aromatic carbocycles. The third kappa shape index (κ3) is 3.54. The minimum atomic E-state index is -0.319. The third-order valence-corrected chi connectivity index (χ3v) is 2.50. The van der Waals surface area contributed by atoms with Crippen LogP contribution in [0.4, 0.5) is 6.01 Å². The number of nitrogens with one attached hydrogen (secondary N) is 1. The second-order valence-electron chi connectivity index (χ2n) is 5.36. The van der Waals surface area contributed by atoms with E-state index in [1.165, 1.54) is 0 Å². The van der Waals surface area contributed by atoms with Crippen LogP contribution in [0.2, 0.25) is 0 Å². The van der Waals surface area contributed by atoms with E-state index < -0.39 is 0 Å². The Morgan fingerprint density at radius 3 is 2.47 bits per heavy atom. The predicted molar refractivity (Wildman–Crippen MR) is 73.0 cm³/mol. The van der Waals surface area contributed by atoms with Crippen molar-refractivity contribution in [2.45, 2.75) is 32.4 Å². The normalized spacial score (nSPS) is 13.3. The number of hydrogen-bond acceptors (Lipinski definition) is 5. The summed E-state index contributed by atoms with van der Waals surface area (Å²) >= 11 is 0. The van der Waals surface area contributed by atoms with E-state index in [0.717, 1.165) is 5.56 Å². The molecule has 0 radical (unpaired) electrons. The Morgan fingerprint density at radius 2 is 1.89 bits per heavy atom. The number of aromatic nitrogens is 2. The Morgan fingerprint density at radius 1 is 1.21 bits per heavy atom. The summed E-state index contributed by atoms with van der Waals surface area (Å²) in [6, 6.07) is 10.2. The fourth-order valence-corrected chi connectivity index (χ4v) is 1.73. The fraction of sp³-hybridized carbons (Fsp3) is 0.429. The molecule has 0 amide bonds. The zero-order valence-corrected chi connectivity index (χ0v) is 11.7. The first-order chi connectivity index (χ1) is 8.99. The smallest absolute Gasteiger partial charge is 0.321 e. The van der Waals surface area contributed by atoms with Crippen LogP contribution in [0.5, 0.6) is 0 Å². The molecule has 0 aliphatic carbocycles. The summed E-state index contributed by atoms with van der Waals surface area (Å²) < 4.78 is 10.6. The number of methoxy groups -OCH3 is 1. The van der Waals surface area contributed by atoms with Crippen molar-refractivity contribution in [2.24, 2.45) is 0 Å². The van der Waals surface area contributed by atoms with Gasteiger partial charge in [0.15, 0.2) is 0 Å². The summed E-state index contributed by atoms with van der Waals surface area (Å²) in [6.45, 7) is 6.09. The largest absolute Gasteiger partial charge is 0.369 e. The number of rotatable bonds is 4. The van der Waals surface area contributed by atoms with E-state index in [1.807, 2.05) is 51.1 Å². The summed E-state index contributed by atoms with van der Waals surface area (Å²) in [5, 5.41) is 7.11. The molecule has 2 rings (SSSR count). The van der Waals surface area contributed by atoms with Crippen LogP contribution in [0.1, 0.15) is 38.3 Å². The fourth-order valence-electron chi connectivity index (χ4n) is 1.73. The molecule has 0 fully saturated rings. The predicted octanol–water partition coefficient (Wildman–Crippen LogP) is 3.02. The van der Waals surface area contributed by atoms with Gasteiger partial charge in [-0.2, -0.15) is 4.98 Å². The van der Waals surface area contributed by atoms with Crippen LogP contribution in [0, 0.1) is 0 Å². The quantitative estimate of drug-likeness (QED) is 0.916. The molecule has 1 N–H and O–H groups in total. The summed E-state index contributed by atoms with van der Waals surface area (Å²) in [5.74, 6) is 0.514. The molecular formula is C14H19N3O2. The van der Waals surface area contributed by atoms with Crippen LogP contribution in [-0.2, 0) is 4.74 Å². The molecule has 19 heavy (non-hydrogen) atoms. The van der Waals surface area contributed by atoms with Gasteiger partial charge >= 0.3 is 6.01 Å². The molecule has 0 saturated carbocycles. The van der Waals surface area contributed by atoms with E-state index in [4.69, 9.17) is 9.26 Å². The van der Waals surface area contributed by atoms with E-state index in [0.29, 0.717) is 11.8 Å². The van der Waals surface area contributed by atoms with Crippen LogP contribution in [-0.4, -0.2) is 22.8 Å². The van der Waals surface area contributed by atoms with Crippen LogP contribution in [0.25, 0.3) is 0 Å². The molecule has 1 unspecified atom stereocenters. The van der Waals surface area contributed by atoms with Crippen LogP contribution in [0.3, 0.4) is 0 Å². The van der Waals surface area contributed by atoms with Gasteiger partial charge in [0.2, 0.25) is 5.82 Å². The van der Waals surface area contributed by atoms with Gasteiger partial charge in [0.05, 0.1) is 0 Å². The maximum Gasteiger partial charge on any atom is 0.321 e. The highest BCUT2D eigenvalue weighted by atomic mass is 16.5. The number of benzene rings is 1. The maximum atomic E-state index is 5.45. The van der Waals surface area contributed by atoms with Crippen molar-refractivity contribution in [3.8, 4) is 0 Å². The van der Waals surface area contributed by atoms with Gasteiger partial charge in [0.1, 0.15) is 6.10 Å². The van der Waals surface area contributed by atoms with Crippen LogP contribution < -0.4 is 5.32 Å². The molecule has 1 atom stereocenters. The average Bonchev–Trinajstić information content (AvgIpc) is 2.77. The minimum Gasteiger partial charge on any atom is -0.369 e. The lowest BCUT2D eigenvalue weighted by Gasteiger charge is -2.17. The SMILES string of the molecule is COC(c1ccccc1)c1noc(NC(C)(C)C)n1. The van der Waals surface area contributed by atoms with Gasteiger partial charge in [-0.25, -0.2) is 0 Å². The lowest BCUT2D eigenvalue weighted by Crippen LogP contribution is -2.26. The van der Waals surface area contributed by atoms with Crippen molar-refractivity contribution in [3.05, 3.63) is 41.7 Å². The summed E-state index contributed by atoms with van der Waals surface area (Å²) in [5.41, 5.74) is 0.868. The van der Waals surface area contributed by atoms with E-state index >= 15 is 0 Å². The van der Waals surface area contributed by atoms with E-state index in [1.54, 1.807) is 7.11 Å². The molecule has 0 spiro atoms. The van der Waals surface area contributed by atoms with Crippen LogP contribution >= 0.6 is 0 Å². The topological polar surface area (TPSA) is 60.2 Å². The number of hydrogen-bond donors (Lipinski definition) is 1. The monoisotopic (exact) mass is 261 g/mol. The van der Waals surface area contributed by atoms with E-state index in [9.17, 15) is 0 Å². The molecule has 0 saturated heterocycles. The second kappa shape index (κ2) is 5.40.